The van der Waals surface area contributed by atoms with Crippen LogP contribution in [0.15, 0.2) is 53.5 Å². The van der Waals surface area contributed by atoms with Gasteiger partial charge in [-0.25, -0.2) is 9.97 Å². The second-order valence-corrected chi connectivity index (χ2v) is 6.20. The molecule has 1 N–H and O–H groups in total. The third-order valence-electron chi connectivity index (χ3n) is 4.19. The molecular weight excluding hydrogens is 326 g/mol. The van der Waals surface area contributed by atoms with E-state index < -0.39 is 0 Å². The number of nitrogens with zero attached hydrogens (tertiary/aromatic N) is 4. The molecule has 4 aromatic heterocycles. The lowest BCUT2D eigenvalue weighted by molar-refractivity contribution is 0.574. The molecule has 0 fully saturated rings. The Balaban J connectivity index is 1.46. The normalized spacial score (nSPS) is 11.0. The second kappa shape index (κ2) is 6.92. The van der Waals surface area contributed by atoms with Crippen LogP contribution in [-0.2, 0) is 6.42 Å². The van der Waals surface area contributed by atoms with Gasteiger partial charge in [0.25, 0.3) is 0 Å². The molecule has 0 saturated carbocycles. The Hall–Kier alpha value is -3.28. The molecule has 0 amide bonds. The van der Waals surface area contributed by atoms with Gasteiger partial charge in [-0.1, -0.05) is 0 Å². The Morgan fingerprint density at radius 1 is 1.00 bits per heavy atom. The molecule has 130 valence electrons. The molecule has 26 heavy (non-hydrogen) atoms. The third kappa shape index (κ3) is 3.39. The number of furan rings is 1. The van der Waals surface area contributed by atoms with Crippen LogP contribution in [0.1, 0.15) is 17.0 Å². The standard InChI is InChI=1S/C20H19N5O/c1-13-3-4-16(11-23-13)17-10-19(25-12-24-17)22-8-6-15-5-7-21-18-9-14(2)26-20(15)18/h3-5,7,9-12H,6,8H2,1-2H3,(H,22,24,25). The van der Waals surface area contributed by atoms with E-state index in [2.05, 4.69) is 25.3 Å². The molecule has 0 aliphatic heterocycles. The van der Waals surface area contributed by atoms with Crippen LogP contribution in [0.2, 0.25) is 0 Å². The summed E-state index contributed by atoms with van der Waals surface area (Å²) in [6.45, 7) is 4.64. The molecule has 4 heterocycles. The Kier molecular flexibility index (Phi) is 4.31. The number of nitrogens with one attached hydrogen (secondary N) is 1. The maximum absolute atomic E-state index is 5.77. The van der Waals surface area contributed by atoms with E-state index in [0.29, 0.717) is 0 Å². The topological polar surface area (TPSA) is 76.7 Å². The molecule has 0 radical (unpaired) electrons. The molecule has 0 aromatic carbocycles. The van der Waals surface area contributed by atoms with E-state index in [1.807, 2.05) is 56.6 Å². The van der Waals surface area contributed by atoms with Crippen LogP contribution < -0.4 is 5.32 Å². The summed E-state index contributed by atoms with van der Waals surface area (Å²) in [5.41, 5.74) is 5.70. The highest BCUT2D eigenvalue weighted by atomic mass is 16.3. The summed E-state index contributed by atoms with van der Waals surface area (Å²) in [6, 6.07) is 9.88. The predicted molar refractivity (Wildman–Crippen MR) is 101 cm³/mol. The van der Waals surface area contributed by atoms with Gasteiger partial charge in [0.05, 0.1) is 5.69 Å². The molecular formula is C20H19N5O. The van der Waals surface area contributed by atoms with Crippen molar-refractivity contribution in [2.75, 3.05) is 11.9 Å². The number of rotatable bonds is 5. The SMILES string of the molecule is Cc1ccc(-c2cc(NCCc3ccnc4cc(C)oc34)ncn2)cn1. The van der Waals surface area contributed by atoms with E-state index >= 15 is 0 Å². The molecule has 0 unspecified atom stereocenters. The van der Waals surface area contributed by atoms with Crippen LogP contribution in [0.4, 0.5) is 5.82 Å². The van der Waals surface area contributed by atoms with Crippen LogP contribution in [0.3, 0.4) is 0 Å². The van der Waals surface area contributed by atoms with Gasteiger partial charge in [-0.2, -0.15) is 0 Å². The summed E-state index contributed by atoms with van der Waals surface area (Å²) in [7, 11) is 0. The van der Waals surface area contributed by atoms with E-state index in [1.165, 1.54) is 0 Å². The van der Waals surface area contributed by atoms with Crippen LogP contribution in [0.5, 0.6) is 0 Å². The summed E-state index contributed by atoms with van der Waals surface area (Å²) < 4.78 is 5.77. The zero-order chi connectivity index (χ0) is 17.9. The third-order valence-corrected chi connectivity index (χ3v) is 4.19. The zero-order valence-corrected chi connectivity index (χ0v) is 14.7. The molecule has 0 aliphatic carbocycles. The number of hydrogen-bond donors (Lipinski definition) is 1. The summed E-state index contributed by atoms with van der Waals surface area (Å²) in [5.74, 6) is 1.66. The first-order chi connectivity index (χ1) is 12.7. The van der Waals surface area contributed by atoms with Gasteiger partial charge in [0.1, 0.15) is 23.4 Å². The van der Waals surface area contributed by atoms with E-state index in [9.17, 15) is 0 Å². The zero-order valence-electron chi connectivity index (χ0n) is 14.7. The number of hydrogen-bond acceptors (Lipinski definition) is 6. The van der Waals surface area contributed by atoms with Crippen molar-refractivity contribution in [3.05, 3.63) is 66.1 Å². The van der Waals surface area contributed by atoms with E-state index in [0.717, 1.165) is 58.2 Å². The van der Waals surface area contributed by atoms with Crippen molar-refractivity contribution in [2.45, 2.75) is 20.3 Å². The molecule has 0 atom stereocenters. The van der Waals surface area contributed by atoms with Crippen LogP contribution in [0.25, 0.3) is 22.4 Å². The summed E-state index contributed by atoms with van der Waals surface area (Å²) in [6.07, 6.45) is 6.03. The summed E-state index contributed by atoms with van der Waals surface area (Å²) in [4.78, 5) is 17.3. The van der Waals surface area contributed by atoms with Crippen LogP contribution in [0, 0.1) is 13.8 Å². The van der Waals surface area contributed by atoms with Gasteiger partial charge in [-0.3, -0.25) is 9.97 Å². The molecule has 0 aliphatic rings. The van der Waals surface area contributed by atoms with Crippen molar-refractivity contribution in [3.8, 4) is 11.3 Å². The van der Waals surface area contributed by atoms with Crippen molar-refractivity contribution in [1.82, 2.24) is 19.9 Å². The van der Waals surface area contributed by atoms with E-state index in [4.69, 9.17) is 4.42 Å². The monoisotopic (exact) mass is 345 g/mol. The van der Waals surface area contributed by atoms with Crippen LogP contribution >= 0.6 is 0 Å². The lowest BCUT2D eigenvalue weighted by Gasteiger charge is -2.07. The highest BCUT2D eigenvalue weighted by molar-refractivity contribution is 5.76. The van der Waals surface area contributed by atoms with Gasteiger partial charge < -0.3 is 9.73 Å². The first kappa shape index (κ1) is 16.2. The largest absolute Gasteiger partial charge is 0.459 e. The summed E-state index contributed by atoms with van der Waals surface area (Å²) in [5, 5.41) is 3.35. The van der Waals surface area contributed by atoms with Crippen molar-refractivity contribution < 1.29 is 4.42 Å². The van der Waals surface area contributed by atoms with Crippen molar-refractivity contribution in [1.29, 1.82) is 0 Å². The molecule has 4 aromatic rings. The second-order valence-electron chi connectivity index (χ2n) is 6.20. The molecule has 4 rings (SSSR count). The van der Waals surface area contributed by atoms with Crippen molar-refractivity contribution in [2.24, 2.45) is 0 Å². The Bertz CT molecular complexity index is 1040. The minimum atomic E-state index is 0.738. The minimum Gasteiger partial charge on any atom is -0.459 e. The van der Waals surface area contributed by atoms with E-state index in [-0.39, 0.29) is 0 Å². The summed E-state index contributed by atoms with van der Waals surface area (Å²) >= 11 is 0. The van der Waals surface area contributed by atoms with Crippen molar-refractivity contribution >= 4 is 16.9 Å². The molecule has 6 nitrogen and oxygen atoms in total. The first-order valence-electron chi connectivity index (χ1n) is 8.52. The number of anilines is 1. The van der Waals surface area contributed by atoms with Crippen molar-refractivity contribution in [3.63, 3.8) is 0 Å². The Morgan fingerprint density at radius 2 is 1.92 bits per heavy atom. The lowest BCUT2D eigenvalue weighted by atomic mass is 10.1. The molecule has 6 heteroatoms. The quantitative estimate of drug-likeness (QED) is 0.590. The number of aromatic nitrogens is 4. The number of aryl methyl sites for hydroxylation is 2. The first-order valence-corrected chi connectivity index (χ1v) is 8.52. The van der Waals surface area contributed by atoms with Gasteiger partial charge >= 0.3 is 0 Å². The van der Waals surface area contributed by atoms with Gasteiger partial charge in [0, 0.05) is 47.9 Å². The smallest absolute Gasteiger partial charge is 0.155 e. The lowest BCUT2D eigenvalue weighted by Crippen LogP contribution is -2.07. The average molecular weight is 345 g/mol. The van der Waals surface area contributed by atoms with Crippen LogP contribution in [-0.4, -0.2) is 26.5 Å². The predicted octanol–water partition coefficient (Wildman–Crippen LogP) is 3.95. The molecule has 0 saturated heterocycles. The number of pyridine rings is 2. The maximum Gasteiger partial charge on any atom is 0.155 e. The minimum absolute atomic E-state index is 0.738. The fourth-order valence-electron chi connectivity index (χ4n) is 2.86. The fourth-order valence-corrected chi connectivity index (χ4v) is 2.86. The molecule has 0 spiro atoms. The Morgan fingerprint density at radius 3 is 2.77 bits per heavy atom. The van der Waals surface area contributed by atoms with Gasteiger partial charge in [-0.05, 0) is 38.5 Å². The van der Waals surface area contributed by atoms with Gasteiger partial charge in [0.15, 0.2) is 5.58 Å². The van der Waals surface area contributed by atoms with E-state index in [1.54, 1.807) is 6.33 Å². The highest BCUT2D eigenvalue weighted by Crippen LogP contribution is 2.21. The number of fused-ring (bicyclic) bond motifs is 1. The van der Waals surface area contributed by atoms with Gasteiger partial charge in [0.2, 0.25) is 0 Å². The Labute approximate surface area is 151 Å². The molecule has 0 bridgehead atoms. The van der Waals surface area contributed by atoms with Gasteiger partial charge in [-0.15, -0.1) is 0 Å². The highest BCUT2D eigenvalue weighted by Gasteiger charge is 2.08. The fraction of sp³-hybridized carbons (Fsp3) is 0.200. The maximum atomic E-state index is 5.77. The average Bonchev–Trinajstić information content (AvgIpc) is 3.04.